The number of rotatable bonds is 12. The van der Waals surface area contributed by atoms with Crippen LogP contribution in [0.15, 0.2) is 0 Å². The average Bonchev–Trinajstić information content (AvgIpc) is 2.37. The molecule has 1 N–H and O–H groups in total. The van der Waals surface area contributed by atoms with Gasteiger partial charge < -0.3 is 10.1 Å². The Morgan fingerprint density at radius 1 is 1.21 bits per heavy atom. The molecular formula is C16H36N2O. The van der Waals surface area contributed by atoms with E-state index in [9.17, 15) is 0 Å². The Hall–Kier alpha value is -0.120. The van der Waals surface area contributed by atoms with Crippen molar-refractivity contribution in [3.63, 3.8) is 0 Å². The van der Waals surface area contributed by atoms with Crippen LogP contribution in [0.4, 0.5) is 0 Å². The SMILES string of the molecule is CCCC(C)(CNC)CN(CCOC)C(CC)CC. The Bertz CT molecular complexity index is 199. The van der Waals surface area contributed by atoms with Gasteiger partial charge in [-0.15, -0.1) is 0 Å². The second-order valence-electron chi connectivity index (χ2n) is 6.02. The zero-order valence-electron chi connectivity index (χ0n) is 14.1. The molecule has 0 aromatic heterocycles. The standard InChI is InChI=1S/C16H36N2O/c1-7-10-16(4,13-17-5)14-18(11-12-19-6)15(8-2)9-3/h15,17H,7-14H2,1-6H3. The fourth-order valence-electron chi connectivity index (χ4n) is 3.15. The van der Waals surface area contributed by atoms with Crippen LogP contribution in [0.2, 0.25) is 0 Å². The molecule has 3 nitrogen and oxygen atoms in total. The molecule has 3 heteroatoms. The zero-order valence-corrected chi connectivity index (χ0v) is 14.1. The van der Waals surface area contributed by atoms with Crippen molar-refractivity contribution >= 4 is 0 Å². The maximum absolute atomic E-state index is 5.29. The zero-order chi connectivity index (χ0) is 14.7. The Kier molecular flexibility index (Phi) is 10.6. The van der Waals surface area contributed by atoms with Crippen LogP contribution in [-0.2, 0) is 4.74 Å². The predicted molar refractivity (Wildman–Crippen MR) is 84.8 cm³/mol. The molecule has 0 rings (SSSR count). The summed E-state index contributed by atoms with van der Waals surface area (Å²) in [4.78, 5) is 2.64. The van der Waals surface area contributed by atoms with Gasteiger partial charge in [0.05, 0.1) is 6.61 Å². The summed E-state index contributed by atoms with van der Waals surface area (Å²) < 4.78 is 5.29. The van der Waals surface area contributed by atoms with Crippen molar-refractivity contribution in [2.45, 2.75) is 59.4 Å². The maximum atomic E-state index is 5.29. The summed E-state index contributed by atoms with van der Waals surface area (Å²) in [6.45, 7) is 13.4. The first-order valence-corrected chi connectivity index (χ1v) is 7.94. The highest BCUT2D eigenvalue weighted by molar-refractivity contribution is 4.83. The van der Waals surface area contributed by atoms with E-state index in [1.807, 2.05) is 0 Å². The molecule has 0 aliphatic rings. The minimum atomic E-state index is 0.361. The van der Waals surface area contributed by atoms with Crippen molar-refractivity contribution in [1.29, 1.82) is 0 Å². The molecule has 0 saturated carbocycles. The van der Waals surface area contributed by atoms with Gasteiger partial charge in [-0.3, -0.25) is 4.90 Å². The minimum absolute atomic E-state index is 0.361. The summed E-state index contributed by atoms with van der Waals surface area (Å²) in [5.74, 6) is 0. The molecule has 1 unspecified atom stereocenters. The first-order valence-electron chi connectivity index (χ1n) is 7.94. The van der Waals surface area contributed by atoms with Gasteiger partial charge in [0, 0.05) is 32.8 Å². The molecular weight excluding hydrogens is 236 g/mol. The quantitative estimate of drug-likeness (QED) is 0.591. The van der Waals surface area contributed by atoms with Gasteiger partial charge in [0.2, 0.25) is 0 Å². The summed E-state index contributed by atoms with van der Waals surface area (Å²) >= 11 is 0. The Morgan fingerprint density at radius 3 is 2.26 bits per heavy atom. The Morgan fingerprint density at radius 2 is 1.84 bits per heavy atom. The number of methoxy groups -OCH3 is 1. The number of hydrogen-bond donors (Lipinski definition) is 1. The molecule has 0 amide bonds. The lowest BCUT2D eigenvalue weighted by Crippen LogP contribution is -2.46. The van der Waals surface area contributed by atoms with E-state index >= 15 is 0 Å². The van der Waals surface area contributed by atoms with Gasteiger partial charge in [-0.2, -0.15) is 0 Å². The molecule has 19 heavy (non-hydrogen) atoms. The lowest BCUT2D eigenvalue weighted by Gasteiger charge is -2.39. The molecule has 0 fully saturated rings. The third kappa shape index (κ3) is 7.28. The fraction of sp³-hybridized carbons (Fsp3) is 1.00. The van der Waals surface area contributed by atoms with Crippen molar-refractivity contribution in [2.24, 2.45) is 5.41 Å². The second kappa shape index (κ2) is 10.6. The van der Waals surface area contributed by atoms with Crippen LogP contribution in [0.25, 0.3) is 0 Å². The average molecular weight is 272 g/mol. The van der Waals surface area contributed by atoms with Crippen molar-refractivity contribution in [3.05, 3.63) is 0 Å². The van der Waals surface area contributed by atoms with Crippen LogP contribution in [-0.4, -0.2) is 51.3 Å². The molecule has 0 aromatic rings. The van der Waals surface area contributed by atoms with Crippen LogP contribution >= 0.6 is 0 Å². The van der Waals surface area contributed by atoms with E-state index in [1.54, 1.807) is 7.11 Å². The van der Waals surface area contributed by atoms with Gasteiger partial charge >= 0.3 is 0 Å². The third-order valence-electron chi connectivity index (χ3n) is 4.08. The Balaban J connectivity index is 4.72. The summed E-state index contributed by atoms with van der Waals surface area (Å²) in [6, 6.07) is 0.684. The fourth-order valence-corrected chi connectivity index (χ4v) is 3.15. The summed E-state index contributed by atoms with van der Waals surface area (Å²) in [5.41, 5.74) is 0.361. The van der Waals surface area contributed by atoms with E-state index in [0.29, 0.717) is 11.5 Å². The van der Waals surface area contributed by atoms with Gasteiger partial charge in [-0.05, 0) is 31.7 Å². The third-order valence-corrected chi connectivity index (χ3v) is 4.08. The molecule has 0 radical (unpaired) electrons. The van der Waals surface area contributed by atoms with E-state index in [4.69, 9.17) is 4.74 Å². The van der Waals surface area contributed by atoms with Crippen LogP contribution in [0.3, 0.4) is 0 Å². The number of ether oxygens (including phenoxy) is 1. The first-order chi connectivity index (χ1) is 9.06. The molecule has 0 aromatic carbocycles. The smallest absolute Gasteiger partial charge is 0.0589 e. The highest BCUT2D eigenvalue weighted by Gasteiger charge is 2.28. The van der Waals surface area contributed by atoms with Gasteiger partial charge in [0.1, 0.15) is 0 Å². The highest BCUT2D eigenvalue weighted by Crippen LogP contribution is 2.26. The number of nitrogens with one attached hydrogen (secondary N) is 1. The largest absolute Gasteiger partial charge is 0.383 e. The molecule has 1 atom stereocenters. The van der Waals surface area contributed by atoms with Crippen LogP contribution in [0.1, 0.15) is 53.4 Å². The second-order valence-corrected chi connectivity index (χ2v) is 6.02. The summed E-state index contributed by atoms with van der Waals surface area (Å²) in [5, 5.41) is 3.37. The topological polar surface area (TPSA) is 24.5 Å². The molecule has 0 saturated heterocycles. The summed E-state index contributed by atoms with van der Waals surface area (Å²) in [7, 11) is 3.86. The van der Waals surface area contributed by atoms with Gasteiger partial charge in [-0.25, -0.2) is 0 Å². The van der Waals surface area contributed by atoms with Crippen molar-refractivity contribution in [3.8, 4) is 0 Å². The van der Waals surface area contributed by atoms with Crippen molar-refractivity contribution in [1.82, 2.24) is 10.2 Å². The summed E-state index contributed by atoms with van der Waals surface area (Å²) in [6.07, 6.45) is 4.97. The number of nitrogens with zero attached hydrogens (tertiary/aromatic N) is 1. The number of hydrogen-bond acceptors (Lipinski definition) is 3. The molecule has 116 valence electrons. The normalized spacial score (nSPS) is 15.2. The molecule has 0 aliphatic carbocycles. The van der Waals surface area contributed by atoms with E-state index in [0.717, 1.165) is 26.2 Å². The van der Waals surface area contributed by atoms with E-state index < -0.39 is 0 Å². The van der Waals surface area contributed by atoms with E-state index in [2.05, 4.69) is 45.0 Å². The van der Waals surface area contributed by atoms with Crippen LogP contribution in [0.5, 0.6) is 0 Å². The lowest BCUT2D eigenvalue weighted by molar-refractivity contribution is 0.0724. The first kappa shape index (κ1) is 18.9. The Labute approximate surface area is 121 Å². The van der Waals surface area contributed by atoms with Crippen molar-refractivity contribution < 1.29 is 4.74 Å². The van der Waals surface area contributed by atoms with Crippen LogP contribution < -0.4 is 5.32 Å². The minimum Gasteiger partial charge on any atom is -0.383 e. The molecule has 0 aliphatic heterocycles. The maximum Gasteiger partial charge on any atom is 0.0589 e. The lowest BCUT2D eigenvalue weighted by atomic mass is 9.84. The van der Waals surface area contributed by atoms with Gasteiger partial charge in [0.25, 0.3) is 0 Å². The van der Waals surface area contributed by atoms with Gasteiger partial charge in [-0.1, -0.05) is 34.1 Å². The molecule has 0 heterocycles. The molecule has 0 spiro atoms. The van der Waals surface area contributed by atoms with E-state index in [-0.39, 0.29) is 0 Å². The highest BCUT2D eigenvalue weighted by atomic mass is 16.5. The predicted octanol–water partition coefficient (Wildman–Crippen LogP) is 3.15. The van der Waals surface area contributed by atoms with E-state index in [1.165, 1.54) is 25.7 Å². The van der Waals surface area contributed by atoms with Crippen molar-refractivity contribution in [2.75, 3.05) is 40.4 Å². The monoisotopic (exact) mass is 272 g/mol. The van der Waals surface area contributed by atoms with Crippen LogP contribution in [0, 0.1) is 5.41 Å². The van der Waals surface area contributed by atoms with Gasteiger partial charge in [0.15, 0.2) is 0 Å². The molecule has 0 bridgehead atoms.